The smallest absolute Gasteiger partial charge is 0.144 e. The van der Waals surface area contributed by atoms with Crippen LogP contribution in [-0.4, -0.2) is 5.33 Å². The highest BCUT2D eigenvalue weighted by atomic mass is 79.9. The van der Waals surface area contributed by atoms with Crippen molar-refractivity contribution < 1.29 is 4.39 Å². The van der Waals surface area contributed by atoms with Crippen LogP contribution in [0.5, 0.6) is 0 Å². The molecule has 0 saturated carbocycles. The predicted molar refractivity (Wildman–Crippen MR) is 85.8 cm³/mol. The fraction of sp³-hybridized carbons (Fsp3) is 0.200. The van der Waals surface area contributed by atoms with Gasteiger partial charge < -0.3 is 0 Å². The minimum Gasteiger partial charge on any atom is -0.205 e. The Morgan fingerprint density at radius 3 is 2.58 bits per heavy atom. The van der Waals surface area contributed by atoms with Gasteiger partial charge in [-0.2, -0.15) is 0 Å². The van der Waals surface area contributed by atoms with Gasteiger partial charge in [-0.3, -0.25) is 0 Å². The van der Waals surface area contributed by atoms with Crippen molar-refractivity contribution in [2.24, 2.45) is 0 Å². The van der Waals surface area contributed by atoms with E-state index in [9.17, 15) is 4.39 Å². The Hall–Kier alpha value is -0.380. The summed E-state index contributed by atoms with van der Waals surface area (Å²) in [5.74, 6) is -0.101. The Labute approximate surface area is 134 Å². The molecule has 19 heavy (non-hydrogen) atoms. The highest BCUT2D eigenvalue weighted by Crippen LogP contribution is 2.28. The summed E-state index contributed by atoms with van der Waals surface area (Å²) in [7, 11) is 0. The second-order valence-corrected chi connectivity index (χ2v) is 6.29. The Balaban J connectivity index is 2.26. The number of alkyl halides is 1. The molecule has 0 spiro atoms. The summed E-state index contributed by atoms with van der Waals surface area (Å²) in [5.41, 5.74) is 1.82. The minimum absolute atomic E-state index is 0.181. The standard InChI is InChI=1S/C15H12Br2ClF/c16-9-12(10-3-1-5-13(17)8-10)7-11-4-2-6-14(18)15(11)19/h1-6,8,12H,7,9H2. The van der Waals surface area contributed by atoms with E-state index in [4.69, 9.17) is 11.6 Å². The van der Waals surface area contributed by atoms with Gasteiger partial charge in [-0.15, -0.1) is 0 Å². The third-order valence-corrected chi connectivity index (χ3v) is 4.57. The van der Waals surface area contributed by atoms with Crippen LogP contribution >= 0.6 is 43.5 Å². The first-order valence-electron chi connectivity index (χ1n) is 5.86. The van der Waals surface area contributed by atoms with Crippen LogP contribution in [0.2, 0.25) is 5.02 Å². The van der Waals surface area contributed by atoms with Gasteiger partial charge in [0, 0.05) is 9.80 Å². The third kappa shape index (κ3) is 3.80. The number of halogens is 4. The maximum absolute atomic E-state index is 13.9. The van der Waals surface area contributed by atoms with E-state index in [1.54, 1.807) is 18.2 Å². The summed E-state index contributed by atoms with van der Waals surface area (Å²) in [6.45, 7) is 0. The van der Waals surface area contributed by atoms with Crippen LogP contribution in [-0.2, 0) is 6.42 Å². The number of hydrogen-bond donors (Lipinski definition) is 0. The molecular formula is C15H12Br2ClF. The molecule has 2 aromatic rings. The number of benzene rings is 2. The van der Waals surface area contributed by atoms with Gasteiger partial charge in [0.2, 0.25) is 0 Å². The van der Waals surface area contributed by atoms with Crippen LogP contribution in [0.15, 0.2) is 46.9 Å². The van der Waals surface area contributed by atoms with Crippen molar-refractivity contribution in [2.45, 2.75) is 12.3 Å². The molecular weight excluding hydrogens is 394 g/mol. The first-order chi connectivity index (χ1) is 9.11. The van der Waals surface area contributed by atoms with E-state index in [1.165, 1.54) is 5.56 Å². The Morgan fingerprint density at radius 1 is 1.16 bits per heavy atom. The van der Waals surface area contributed by atoms with Crippen molar-refractivity contribution in [3.05, 3.63) is 68.9 Å². The summed E-state index contributed by atoms with van der Waals surface area (Å²) in [4.78, 5) is 0. The maximum Gasteiger partial charge on any atom is 0.144 e. The first kappa shape index (κ1) is 15.0. The van der Waals surface area contributed by atoms with E-state index in [-0.39, 0.29) is 16.8 Å². The van der Waals surface area contributed by atoms with E-state index in [1.807, 2.05) is 12.1 Å². The monoisotopic (exact) mass is 404 g/mol. The van der Waals surface area contributed by atoms with Gasteiger partial charge in [0.05, 0.1) is 5.02 Å². The van der Waals surface area contributed by atoms with Gasteiger partial charge in [-0.1, -0.05) is 67.7 Å². The topological polar surface area (TPSA) is 0 Å². The predicted octanol–water partition coefficient (Wildman–Crippen LogP) is 5.96. The highest BCUT2D eigenvalue weighted by molar-refractivity contribution is 9.10. The lowest BCUT2D eigenvalue weighted by molar-refractivity contribution is 0.599. The van der Waals surface area contributed by atoms with E-state index in [2.05, 4.69) is 44.0 Å². The normalized spacial score (nSPS) is 12.4. The molecule has 0 amide bonds. The minimum atomic E-state index is -0.315. The van der Waals surface area contributed by atoms with Crippen LogP contribution in [0.4, 0.5) is 4.39 Å². The molecule has 0 aliphatic heterocycles. The molecule has 0 N–H and O–H groups in total. The SMILES string of the molecule is Fc1c(Cl)cccc1CC(CBr)c1cccc(Br)c1. The molecule has 0 fully saturated rings. The average molecular weight is 407 g/mol. The van der Waals surface area contributed by atoms with Gasteiger partial charge in [0.15, 0.2) is 0 Å². The first-order valence-corrected chi connectivity index (χ1v) is 8.15. The number of rotatable bonds is 4. The molecule has 0 heterocycles. The van der Waals surface area contributed by atoms with Gasteiger partial charge >= 0.3 is 0 Å². The molecule has 0 aromatic heterocycles. The molecule has 0 bridgehead atoms. The van der Waals surface area contributed by atoms with E-state index in [0.29, 0.717) is 12.0 Å². The van der Waals surface area contributed by atoms with Crippen molar-refractivity contribution in [1.82, 2.24) is 0 Å². The molecule has 0 nitrogen and oxygen atoms in total. The van der Waals surface area contributed by atoms with Crippen LogP contribution in [0.25, 0.3) is 0 Å². The molecule has 1 unspecified atom stereocenters. The van der Waals surface area contributed by atoms with Gasteiger partial charge in [-0.05, 0) is 41.7 Å². The molecule has 1 atom stereocenters. The zero-order chi connectivity index (χ0) is 13.8. The van der Waals surface area contributed by atoms with Gasteiger partial charge in [-0.25, -0.2) is 4.39 Å². The molecule has 2 aromatic carbocycles. The van der Waals surface area contributed by atoms with Crippen molar-refractivity contribution in [3.63, 3.8) is 0 Å². The Bertz CT molecular complexity index is 572. The Morgan fingerprint density at radius 2 is 1.89 bits per heavy atom. The van der Waals surface area contributed by atoms with Gasteiger partial charge in [0.1, 0.15) is 5.82 Å². The van der Waals surface area contributed by atoms with Crippen molar-refractivity contribution in [1.29, 1.82) is 0 Å². The zero-order valence-corrected chi connectivity index (χ0v) is 14.0. The molecule has 0 aliphatic carbocycles. The lowest BCUT2D eigenvalue weighted by Gasteiger charge is -2.16. The molecule has 0 radical (unpaired) electrons. The molecule has 4 heteroatoms. The van der Waals surface area contributed by atoms with Crippen molar-refractivity contribution in [3.8, 4) is 0 Å². The lowest BCUT2D eigenvalue weighted by Crippen LogP contribution is -2.06. The van der Waals surface area contributed by atoms with Crippen LogP contribution in [0.3, 0.4) is 0 Å². The Kier molecular flexibility index (Phi) is 5.43. The summed E-state index contributed by atoms with van der Waals surface area (Å²) < 4.78 is 15.0. The zero-order valence-electron chi connectivity index (χ0n) is 10.0. The maximum atomic E-state index is 13.9. The summed E-state index contributed by atoms with van der Waals surface area (Å²) in [6.07, 6.45) is 0.619. The fourth-order valence-electron chi connectivity index (χ4n) is 1.99. The fourth-order valence-corrected chi connectivity index (χ4v) is 3.21. The van der Waals surface area contributed by atoms with Crippen LogP contribution in [0, 0.1) is 5.82 Å². The highest BCUT2D eigenvalue weighted by Gasteiger charge is 2.15. The molecule has 2 rings (SSSR count). The second-order valence-electron chi connectivity index (χ2n) is 4.32. The quantitative estimate of drug-likeness (QED) is 0.550. The molecule has 100 valence electrons. The number of hydrogen-bond acceptors (Lipinski definition) is 0. The largest absolute Gasteiger partial charge is 0.205 e. The van der Waals surface area contributed by atoms with Crippen molar-refractivity contribution in [2.75, 3.05) is 5.33 Å². The molecule has 0 saturated heterocycles. The lowest BCUT2D eigenvalue weighted by atomic mass is 9.93. The van der Waals surface area contributed by atoms with Crippen molar-refractivity contribution >= 4 is 43.5 Å². The van der Waals surface area contributed by atoms with Crippen LogP contribution in [0.1, 0.15) is 17.0 Å². The second kappa shape index (κ2) is 6.87. The van der Waals surface area contributed by atoms with Gasteiger partial charge in [0.25, 0.3) is 0 Å². The third-order valence-electron chi connectivity index (χ3n) is 3.00. The summed E-state index contributed by atoms with van der Waals surface area (Å²) in [5, 5.41) is 0.954. The summed E-state index contributed by atoms with van der Waals surface area (Å²) >= 11 is 12.8. The van der Waals surface area contributed by atoms with E-state index >= 15 is 0 Å². The van der Waals surface area contributed by atoms with Crippen LogP contribution < -0.4 is 0 Å². The molecule has 0 aliphatic rings. The average Bonchev–Trinajstić information content (AvgIpc) is 2.40. The van der Waals surface area contributed by atoms with E-state index < -0.39 is 0 Å². The summed E-state index contributed by atoms with van der Waals surface area (Å²) in [6, 6.07) is 13.2. The van der Waals surface area contributed by atoms with E-state index in [0.717, 1.165) is 9.80 Å².